The van der Waals surface area contributed by atoms with Crippen LogP contribution in [0.25, 0.3) is 11.1 Å². The molecule has 0 saturated carbocycles. The summed E-state index contributed by atoms with van der Waals surface area (Å²) in [7, 11) is 0. The number of hydrogen-bond donors (Lipinski definition) is 0. The number of benzene rings is 2. The van der Waals surface area contributed by atoms with Crippen LogP contribution in [-0.4, -0.2) is 8.76 Å². The molecule has 0 N–H and O–H groups in total. The van der Waals surface area contributed by atoms with E-state index in [9.17, 15) is 8.76 Å². The molecule has 0 amide bonds. The molecule has 0 bridgehead atoms. The van der Waals surface area contributed by atoms with Crippen LogP contribution in [-0.2, 0) is 16.8 Å². The van der Waals surface area contributed by atoms with Crippen LogP contribution in [0.15, 0.2) is 54.6 Å². The van der Waals surface area contributed by atoms with Crippen molar-refractivity contribution in [3.05, 3.63) is 60.2 Å². The Morgan fingerprint density at radius 3 is 2.25 bits per heavy atom. The SMILES string of the molecule is O=S([O-])Cc1ccccc1-c1ccccc1. The van der Waals surface area contributed by atoms with E-state index in [1.807, 2.05) is 54.6 Å². The second-order valence-electron chi connectivity index (χ2n) is 3.47. The van der Waals surface area contributed by atoms with Crippen LogP contribution in [0.2, 0.25) is 0 Å². The summed E-state index contributed by atoms with van der Waals surface area (Å²) >= 11 is -2.05. The molecule has 0 aliphatic heterocycles. The highest BCUT2D eigenvalue weighted by Crippen LogP contribution is 2.23. The molecule has 16 heavy (non-hydrogen) atoms. The molecule has 0 aliphatic rings. The van der Waals surface area contributed by atoms with Crippen LogP contribution in [0.5, 0.6) is 0 Å². The average molecular weight is 231 g/mol. The Morgan fingerprint density at radius 1 is 0.938 bits per heavy atom. The summed E-state index contributed by atoms with van der Waals surface area (Å²) in [4.78, 5) is 0. The molecule has 2 aromatic rings. The third-order valence-corrected chi connectivity index (χ3v) is 2.92. The Hall–Kier alpha value is -1.45. The van der Waals surface area contributed by atoms with E-state index in [4.69, 9.17) is 0 Å². The van der Waals surface area contributed by atoms with Gasteiger partial charge >= 0.3 is 0 Å². The normalized spacial score (nSPS) is 12.3. The lowest BCUT2D eigenvalue weighted by atomic mass is 10.0. The molecule has 1 unspecified atom stereocenters. The van der Waals surface area contributed by atoms with Gasteiger partial charge < -0.3 is 4.55 Å². The van der Waals surface area contributed by atoms with Crippen molar-refractivity contribution in [1.82, 2.24) is 0 Å². The van der Waals surface area contributed by atoms with E-state index in [1.165, 1.54) is 0 Å². The van der Waals surface area contributed by atoms with E-state index in [0.717, 1.165) is 16.7 Å². The molecule has 3 heteroatoms. The molecule has 0 fully saturated rings. The Morgan fingerprint density at radius 2 is 1.56 bits per heavy atom. The molecule has 2 aromatic carbocycles. The predicted octanol–water partition coefficient (Wildman–Crippen LogP) is 2.73. The molecule has 0 heterocycles. The summed E-state index contributed by atoms with van der Waals surface area (Å²) in [5.41, 5.74) is 2.86. The quantitative estimate of drug-likeness (QED) is 0.762. The van der Waals surface area contributed by atoms with Gasteiger partial charge in [-0.25, -0.2) is 0 Å². The lowest BCUT2D eigenvalue weighted by Gasteiger charge is -2.11. The maximum absolute atomic E-state index is 10.8. The summed E-state index contributed by atoms with van der Waals surface area (Å²) in [6, 6.07) is 17.3. The summed E-state index contributed by atoms with van der Waals surface area (Å²) in [5.74, 6) is 0.0606. The van der Waals surface area contributed by atoms with Crippen molar-refractivity contribution in [3.8, 4) is 11.1 Å². The molecule has 82 valence electrons. The van der Waals surface area contributed by atoms with Crippen LogP contribution in [0, 0.1) is 0 Å². The van der Waals surface area contributed by atoms with Crippen LogP contribution in [0.4, 0.5) is 0 Å². The summed E-state index contributed by atoms with van der Waals surface area (Å²) in [6.45, 7) is 0. The topological polar surface area (TPSA) is 40.1 Å². The first-order valence-corrected chi connectivity index (χ1v) is 6.21. The molecular weight excluding hydrogens is 220 g/mol. The van der Waals surface area contributed by atoms with Gasteiger partial charge in [0.15, 0.2) is 0 Å². The summed E-state index contributed by atoms with van der Waals surface area (Å²) < 4.78 is 21.5. The molecular formula is C13H11O2S-. The van der Waals surface area contributed by atoms with E-state index in [0.29, 0.717) is 0 Å². The van der Waals surface area contributed by atoms with E-state index in [-0.39, 0.29) is 5.75 Å². The monoisotopic (exact) mass is 231 g/mol. The second kappa shape index (κ2) is 5.05. The average Bonchev–Trinajstić information content (AvgIpc) is 2.30. The largest absolute Gasteiger partial charge is 0.772 e. The van der Waals surface area contributed by atoms with Crippen LogP contribution in [0.3, 0.4) is 0 Å². The van der Waals surface area contributed by atoms with E-state index >= 15 is 0 Å². The Labute approximate surface area is 97.2 Å². The van der Waals surface area contributed by atoms with Gasteiger partial charge in [-0.05, 0) is 16.7 Å². The van der Waals surface area contributed by atoms with Gasteiger partial charge in [0.2, 0.25) is 0 Å². The zero-order valence-electron chi connectivity index (χ0n) is 8.63. The maximum atomic E-state index is 10.8. The zero-order chi connectivity index (χ0) is 11.4. The first-order chi connectivity index (χ1) is 7.77. The third kappa shape index (κ3) is 2.56. The second-order valence-corrected chi connectivity index (χ2v) is 4.37. The fourth-order valence-corrected chi connectivity index (χ4v) is 2.18. The van der Waals surface area contributed by atoms with E-state index in [1.54, 1.807) is 0 Å². The highest BCUT2D eigenvalue weighted by molar-refractivity contribution is 7.78. The van der Waals surface area contributed by atoms with Crippen molar-refractivity contribution >= 4 is 11.1 Å². The van der Waals surface area contributed by atoms with Crippen molar-refractivity contribution in [2.75, 3.05) is 0 Å². The van der Waals surface area contributed by atoms with Gasteiger partial charge in [0.25, 0.3) is 0 Å². The van der Waals surface area contributed by atoms with Gasteiger partial charge in [-0.15, -0.1) is 0 Å². The minimum absolute atomic E-state index is 0.0606. The molecule has 0 radical (unpaired) electrons. The number of hydrogen-bond acceptors (Lipinski definition) is 2. The first-order valence-electron chi connectivity index (χ1n) is 4.96. The van der Waals surface area contributed by atoms with Gasteiger partial charge in [-0.1, -0.05) is 65.7 Å². The van der Waals surface area contributed by atoms with Crippen molar-refractivity contribution in [2.24, 2.45) is 0 Å². The highest BCUT2D eigenvalue weighted by atomic mass is 32.2. The minimum Gasteiger partial charge on any atom is -0.772 e. The molecule has 0 saturated heterocycles. The first kappa shape index (κ1) is 11.0. The smallest absolute Gasteiger partial charge is 0.0359 e. The lowest BCUT2D eigenvalue weighted by Crippen LogP contribution is -1.95. The third-order valence-electron chi connectivity index (χ3n) is 2.38. The Balaban J connectivity index is 2.44. The fourth-order valence-electron chi connectivity index (χ4n) is 1.67. The van der Waals surface area contributed by atoms with Gasteiger partial charge in [0.05, 0.1) is 0 Å². The van der Waals surface area contributed by atoms with Gasteiger partial charge in [0.1, 0.15) is 0 Å². The molecule has 0 aliphatic carbocycles. The summed E-state index contributed by atoms with van der Waals surface area (Å²) in [5, 5.41) is 0. The molecule has 2 rings (SSSR count). The molecule has 1 atom stereocenters. The van der Waals surface area contributed by atoms with Crippen molar-refractivity contribution in [1.29, 1.82) is 0 Å². The Kier molecular flexibility index (Phi) is 3.49. The fraction of sp³-hybridized carbons (Fsp3) is 0.0769. The van der Waals surface area contributed by atoms with Crippen LogP contribution < -0.4 is 0 Å². The van der Waals surface area contributed by atoms with Gasteiger partial charge in [-0.2, -0.15) is 0 Å². The van der Waals surface area contributed by atoms with Crippen molar-refractivity contribution < 1.29 is 8.76 Å². The van der Waals surface area contributed by atoms with E-state index in [2.05, 4.69) is 0 Å². The van der Waals surface area contributed by atoms with Crippen molar-refractivity contribution in [2.45, 2.75) is 5.75 Å². The standard InChI is InChI=1S/C13H12O2S/c14-16(15)10-12-8-4-5-9-13(12)11-6-2-1-3-7-11/h1-9H,10H2,(H,14,15)/p-1. The van der Waals surface area contributed by atoms with Gasteiger partial charge in [-0.3, -0.25) is 4.21 Å². The lowest BCUT2D eigenvalue weighted by molar-refractivity contribution is 0.536. The maximum Gasteiger partial charge on any atom is 0.0359 e. The highest BCUT2D eigenvalue weighted by Gasteiger charge is 2.03. The van der Waals surface area contributed by atoms with E-state index < -0.39 is 11.1 Å². The minimum atomic E-state index is -2.05. The number of rotatable bonds is 3. The zero-order valence-corrected chi connectivity index (χ0v) is 9.44. The Bertz CT molecular complexity index is 494. The summed E-state index contributed by atoms with van der Waals surface area (Å²) in [6.07, 6.45) is 0. The van der Waals surface area contributed by atoms with Crippen LogP contribution in [0.1, 0.15) is 5.56 Å². The molecule has 2 nitrogen and oxygen atoms in total. The molecule has 0 spiro atoms. The van der Waals surface area contributed by atoms with Crippen LogP contribution >= 0.6 is 0 Å². The predicted molar refractivity (Wildman–Crippen MR) is 64.5 cm³/mol. The molecule has 0 aromatic heterocycles. The van der Waals surface area contributed by atoms with Gasteiger partial charge in [0, 0.05) is 5.75 Å². The van der Waals surface area contributed by atoms with Crippen molar-refractivity contribution in [3.63, 3.8) is 0 Å².